The molecule has 2 rings (SSSR count). The maximum Gasteiger partial charge on any atom is 0.312 e. The fraction of sp³-hybridized carbons (Fsp3) is 0.778. The molecule has 7 unspecified atom stereocenters. The molecule has 34 heavy (non-hydrogen) atoms. The van der Waals surface area contributed by atoms with Crippen LogP contribution in [0.1, 0.15) is 85.5 Å². The minimum absolute atomic E-state index is 0.0140. The SMILES string of the molecule is CCCC(C)(CCC)C(=O)OC1CC(O)C=C2C=CC(C)C(CCC(O)CC(O)CC(=O)O)C21. The van der Waals surface area contributed by atoms with Crippen LogP contribution in [-0.4, -0.2) is 56.8 Å². The lowest BCUT2D eigenvalue weighted by Crippen LogP contribution is -2.44. The molecule has 194 valence electrons. The first-order chi connectivity index (χ1) is 16.0. The first-order valence-corrected chi connectivity index (χ1v) is 12.9. The highest BCUT2D eigenvalue weighted by Gasteiger charge is 2.44. The molecule has 7 heteroatoms. The summed E-state index contributed by atoms with van der Waals surface area (Å²) in [7, 11) is 0. The average molecular weight is 481 g/mol. The fourth-order valence-electron chi connectivity index (χ4n) is 5.80. The molecule has 0 saturated carbocycles. The first-order valence-electron chi connectivity index (χ1n) is 12.9. The molecule has 0 amide bonds. The summed E-state index contributed by atoms with van der Waals surface area (Å²) in [5, 5.41) is 39.6. The van der Waals surface area contributed by atoms with Crippen LogP contribution in [0.5, 0.6) is 0 Å². The van der Waals surface area contributed by atoms with Gasteiger partial charge < -0.3 is 25.2 Å². The van der Waals surface area contributed by atoms with E-state index >= 15 is 0 Å². The molecule has 4 N–H and O–H groups in total. The summed E-state index contributed by atoms with van der Waals surface area (Å²) in [6.07, 6.45) is 7.25. The summed E-state index contributed by atoms with van der Waals surface area (Å²) in [6.45, 7) is 8.20. The van der Waals surface area contributed by atoms with Gasteiger partial charge in [0.05, 0.1) is 30.1 Å². The van der Waals surface area contributed by atoms with Crippen molar-refractivity contribution in [3.8, 4) is 0 Å². The number of carboxylic acid groups (broad SMARTS) is 1. The highest BCUT2D eigenvalue weighted by molar-refractivity contribution is 5.76. The van der Waals surface area contributed by atoms with Gasteiger partial charge in [-0.25, -0.2) is 0 Å². The van der Waals surface area contributed by atoms with E-state index in [4.69, 9.17) is 9.84 Å². The quantitative estimate of drug-likeness (QED) is 0.294. The van der Waals surface area contributed by atoms with Crippen LogP contribution in [0.25, 0.3) is 0 Å². The first kappa shape index (κ1) is 28.5. The second-order valence-corrected chi connectivity index (χ2v) is 10.6. The molecule has 0 heterocycles. The molecule has 2 aliphatic carbocycles. The highest BCUT2D eigenvalue weighted by Crippen LogP contribution is 2.45. The predicted octanol–water partition coefficient (Wildman–Crippen LogP) is 4.00. The number of aliphatic hydroxyl groups excluding tert-OH is 3. The third-order valence-corrected chi connectivity index (χ3v) is 7.52. The van der Waals surface area contributed by atoms with E-state index in [1.54, 1.807) is 0 Å². The van der Waals surface area contributed by atoms with E-state index in [1.165, 1.54) is 0 Å². The monoisotopic (exact) mass is 480 g/mol. The van der Waals surface area contributed by atoms with Gasteiger partial charge in [-0.05, 0) is 56.4 Å². The second kappa shape index (κ2) is 12.8. The van der Waals surface area contributed by atoms with E-state index in [9.17, 15) is 24.9 Å². The summed E-state index contributed by atoms with van der Waals surface area (Å²) >= 11 is 0. The number of allylic oxidation sites excluding steroid dienone is 2. The molecular weight excluding hydrogens is 436 g/mol. The lowest BCUT2D eigenvalue weighted by molar-refractivity contribution is -0.167. The number of ether oxygens (including phenoxy) is 1. The van der Waals surface area contributed by atoms with Crippen molar-refractivity contribution in [1.82, 2.24) is 0 Å². The summed E-state index contributed by atoms with van der Waals surface area (Å²) < 4.78 is 6.15. The molecule has 0 radical (unpaired) electrons. The zero-order valence-corrected chi connectivity index (χ0v) is 21.2. The molecule has 7 atom stereocenters. The molecule has 0 spiro atoms. The average Bonchev–Trinajstić information content (AvgIpc) is 2.72. The molecule has 0 saturated heterocycles. The third kappa shape index (κ3) is 7.65. The topological polar surface area (TPSA) is 124 Å². The number of hydrogen-bond donors (Lipinski definition) is 4. The van der Waals surface area contributed by atoms with Gasteiger partial charge in [0.1, 0.15) is 6.10 Å². The van der Waals surface area contributed by atoms with Crippen LogP contribution in [0.2, 0.25) is 0 Å². The summed E-state index contributed by atoms with van der Waals surface area (Å²) in [6, 6.07) is 0. The Morgan fingerprint density at radius 2 is 1.82 bits per heavy atom. The largest absolute Gasteiger partial charge is 0.481 e. The van der Waals surface area contributed by atoms with E-state index in [0.29, 0.717) is 19.3 Å². The third-order valence-electron chi connectivity index (χ3n) is 7.52. The van der Waals surface area contributed by atoms with E-state index < -0.39 is 35.8 Å². The number of carbonyl (C=O) groups excluding carboxylic acids is 1. The molecule has 0 aromatic heterocycles. The van der Waals surface area contributed by atoms with Gasteiger partial charge in [0.2, 0.25) is 0 Å². The van der Waals surface area contributed by atoms with Gasteiger partial charge in [-0.3, -0.25) is 9.59 Å². The number of carboxylic acids is 1. The predicted molar refractivity (Wildman–Crippen MR) is 130 cm³/mol. The molecule has 0 fully saturated rings. The Bertz CT molecular complexity index is 737. The zero-order chi connectivity index (χ0) is 25.5. The van der Waals surface area contributed by atoms with Gasteiger partial charge in [-0.2, -0.15) is 0 Å². The lowest BCUT2D eigenvalue weighted by Gasteiger charge is -2.43. The van der Waals surface area contributed by atoms with Crippen LogP contribution in [0.15, 0.2) is 23.8 Å². The molecule has 7 nitrogen and oxygen atoms in total. The van der Waals surface area contributed by atoms with E-state index in [2.05, 4.69) is 26.8 Å². The van der Waals surface area contributed by atoms with Crippen molar-refractivity contribution < 1.29 is 34.8 Å². The van der Waals surface area contributed by atoms with Crippen LogP contribution >= 0.6 is 0 Å². The Balaban J connectivity index is 2.16. The normalized spacial score (nSPS) is 28.6. The van der Waals surface area contributed by atoms with Crippen molar-refractivity contribution in [2.75, 3.05) is 0 Å². The summed E-state index contributed by atoms with van der Waals surface area (Å²) in [4.78, 5) is 24.1. The van der Waals surface area contributed by atoms with E-state index in [0.717, 1.165) is 31.3 Å². The lowest BCUT2D eigenvalue weighted by atomic mass is 9.66. The molecular formula is C27H44O7. The number of esters is 1. The van der Waals surface area contributed by atoms with Crippen molar-refractivity contribution in [3.05, 3.63) is 23.8 Å². The second-order valence-electron chi connectivity index (χ2n) is 10.6. The minimum Gasteiger partial charge on any atom is -0.481 e. The number of aliphatic carboxylic acids is 1. The maximum absolute atomic E-state index is 13.3. The number of hydrogen-bond acceptors (Lipinski definition) is 6. The smallest absolute Gasteiger partial charge is 0.312 e. The van der Waals surface area contributed by atoms with Crippen LogP contribution in [-0.2, 0) is 14.3 Å². The van der Waals surface area contributed by atoms with Crippen LogP contribution in [0.4, 0.5) is 0 Å². The van der Waals surface area contributed by atoms with E-state index in [-0.39, 0.29) is 36.6 Å². The minimum atomic E-state index is -1.09. The van der Waals surface area contributed by atoms with Crippen molar-refractivity contribution in [3.63, 3.8) is 0 Å². The molecule has 2 aliphatic rings. The number of rotatable bonds is 13. The Morgan fingerprint density at radius 3 is 2.41 bits per heavy atom. The number of fused-ring (bicyclic) bond motifs is 1. The zero-order valence-electron chi connectivity index (χ0n) is 21.2. The standard InChI is InChI=1S/C27H44O7/c1-5-11-27(4,12-6-2)26(33)34-23-15-20(29)13-18-8-7-17(3)22(25(18)23)10-9-19(28)14-21(30)16-24(31)32/h7-8,13,17,19-23,25,28-30H,5-6,9-12,14-16H2,1-4H3,(H,31,32). The Labute approximate surface area is 203 Å². The Hall–Kier alpha value is -1.70. The van der Waals surface area contributed by atoms with Crippen LogP contribution in [0, 0.1) is 23.2 Å². The van der Waals surface area contributed by atoms with Crippen LogP contribution in [0.3, 0.4) is 0 Å². The van der Waals surface area contributed by atoms with Crippen LogP contribution < -0.4 is 0 Å². The summed E-state index contributed by atoms with van der Waals surface area (Å²) in [5.41, 5.74) is 0.422. The molecule has 0 aliphatic heterocycles. The summed E-state index contributed by atoms with van der Waals surface area (Å²) in [5.74, 6) is -1.09. The molecule has 0 bridgehead atoms. The molecule has 0 aromatic carbocycles. The van der Waals surface area contributed by atoms with Crippen molar-refractivity contribution in [2.24, 2.45) is 23.2 Å². The Kier molecular flexibility index (Phi) is 10.8. The Morgan fingerprint density at radius 1 is 1.18 bits per heavy atom. The fourth-order valence-corrected chi connectivity index (χ4v) is 5.80. The van der Waals surface area contributed by atoms with Gasteiger partial charge in [-0.15, -0.1) is 0 Å². The maximum atomic E-state index is 13.3. The van der Waals surface area contributed by atoms with Crippen molar-refractivity contribution >= 4 is 11.9 Å². The van der Waals surface area contributed by atoms with Gasteiger partial charge >= 0.3 is 11.9 Å². The molecule has 0 aromatic rings. The number of carbonyl (C=O) groups is 2. The number of aliphatic hydroxyl groups is 3. The van der Waals surface area contributed by atoms with Crippen molar-refractivity contribution in [2.45, 2.75) is 110 Å². The van der Waals surface area contributed by atoms with E-state index in [1.807, 2.05) is 19.1 Å². The van der Waals surface area contributed by atoms with Gasteiger partial charge in [0.25, 0.3) is 0 Å². The van der Waals surface area contributed by atoms with Gasteiger partial charge in [-0.1, -0.05) is 51.8 Å². The van der Waals surface area contributed by atoms with Gasteiger partial charge in [0.15, 0.2) is 0 Å². The highest BCUT2D eigenvalue weighted by atomic mass is 16.5. The van der Waals surface area contributed by atoms with Gasteiger partial charge in [0, 0.05) is 12.3 Å². The van der Waals surface area contributed by atoms with Crippen molar-refractivity contribution in [1.29, 1.82) is 0 Å².